The van der Waals surface area contributed by atoms with Gasteiger partial charge in [0.05, 0.1) is 6.10 Å². The maximum absolute atomic E-state index is 11.0. The molecule has 0 aromatic heterocycles. The maximum Gasteiger partial charge on any atom is 0.405 e. The van der Waals surface area contributed by atoms with Crippen LogP contribution in [-0.2, 0) is 4.74 Å². The third-order valence-electron chi connectivity index (χ3n) is 3.97. The highest BCUT2D eigenvalue weighted by Gasteiger charge is 2.45. The fraction of sp³-hybridized carbons (Fsp3) is 0.923. The van der Waals surface area contributed by atoms with Gasteiger partial charge >= 0.3 is 6.09 Å². The van der Waals surface area contributed by atoms with Gasteiger partial charge < -0.3 is 15.2 Å². The van der Waals surface area contributed by atoms with E-state index in [2.05, 4.69) is 26.1 Å². The molecule has 0 atom stereocenters. The average Bonchev–Trinajstić information content (AvgIpc) is 2.19. The van der Waals surface area contributed by atoms with Crippen molar-refractivity contribution in [3.05, 3.63) is 0 Å². The maximum atomic E-state index is 11.0. The zero-order valence-electron chi connectivity index (χ0n) is 11.4. The first-order valence-electron chi connectivity index (χ1n) is 6.43. The van der Waals surface area contributed by atoms with Gasteiger partial charge in [0.1, 0.15) is 0 Å². The van der Waals surface area contributed by atoms with Crippen LogP contribution in [0.5, 0.6) is 0 Å². The van der Waals surface area contributed by atoms with Gasteiger partial charge in [-0.3, -0.25) is 0 Å². The second-order valence-corrected chi connectivity index (χ2v) is 5.92. The topological polar surface area (TPSA) is 58.6 Å². The molecule has 0 unspecified atom stereocenters. The first-order valence-corrected chi connectivity index (χ1v) is 6.43. The lowest BCUT2D eigenvalue weighted by Crippen LogP contribution is -2.59. The van der Waals surface area contributed by atoms with E-state index >= 15 is 0 Å². The fourth-order valence-electron chi connectivity index (χ4n) is 2.75. The van der Waals surface area contributed by atoms with Crippen molar-refractivity contribution in [1.29, 1.82) is 0 Å². The molecule has 1 rings (SSSR count). The molecule has 100 valence electrons. The smallest absolute Gasteiger partial charge is 0.405 e. The summed E-state index contributed by atoms with van der Waals surface area (Å²) < 4.78 is 5.62. The molecule has 0 aromatic rings. The molecule has 0 aliphatic heterocycles. The van der Waals surface area contributed by atoms with Crippen molar-refractivity contribution in [2.45, 2.75) is 65.0 Å². The van der Waals surface area contributed by atoms with Crippen molar-refractivity contribution in [3.63, 3.8) is 0 Å². The first-order chi connectivity index (χ1) is 7.81. The van der Waals surface area contributed by atoms with E-state index in [1.54, 1.807) is 0 Å². The summed E-state index contributed by atoms with van der Waals surface area (Å²) in [6.07, 6.45) is 2.96. The number of carboxylic acid groups (broad SMARTS) is 1. The molecule has 0 bridgehead atoms. The van der Waals surface area contributed by atoms with Crippen molar-refractivity contribution in [2.75, 3.05) is 6.61 Å². The Morgan fingerprint density at radius 3 is 2.29 bits per heavy atom. The van der Waals surface area contributed by atoms with Gasteiger partial charge in [-0.15, -0.1) is 0 Å². The molecular formula is C13H25NO3. The standard InChI is InChI=1S/C13H25NO3/c1-5-17-10-6-8-13(9-7-10,12(2,3)4)14-11(15)16/h10,14H,5-9H2,1-4H3,(H,15,16)/t10-,13-. The highest BCUT2D eigenvalue weighted by molar-refractivity contribution is 5.65. The Balaban J connectivity index is 2.72. The van der Waals surface area contributed by atoms with E-state index in [9.17, 15) is 4.79 Å². The minimum Gasteiger partial charge on any atom is -0.465 e. The first kappa shape index (κ1) is 14.3. The molecular weight excluding hydrogens is 218 g/mol. The number of amides is 1. The highest BCUT2D eigenvalue weighted by Crippen LogP contribution is 2.42. The van der Waals surface area contributed by atoms with Crippen LogP contribution in [0.4, 0.5) is 4.79 Å². The molecule has 0 aromatic carbocycles. The van der Waals surface area contributed by atoms with Crippen molar-refractivity contribution < 1.29 is 14.6 Å². The second-order valence-electron chi connectivity index (χ2n) is 5.92. The molecule has 1 fully saturated rings. The fourth-order valence-corrected chi connectivity index (χ4v) is 2.75. The summed E-state index contributed by atoms with van der Waals surface area (Å²) in [6.45, 7) is 9.04. The summed E-state index contributed by atoms with van der Waals surface area (Å²) in [5.74, 6) is 0. The zero-order chi connectivity index (χ0) is 13.1. The van der Waals surface area contributed by atoms with E-state index < -0.39 is 6.09 Å². The minimum absolute atomic E-state index is 0.0669. The van der Waals surface area contributed by atoms with Crippen molar-refractivity contribution in [3.8, 4) is 0 Å². The Bertz CT molecular complexity index is 262. The summed E-state index contributed by atoms with van der Waals surface area (Å²) in [7, 11) is 0. The summed E-state index contributed by atoms with van der Waals surface area (Å²) in [5, 5.41) is 11.8. The van der Waals surface area contributed by atoms with Crippen LogP contribution >= 0.6 is 0 Å². The Morgan fingerprint density at radius 2 is 1.94 bits per heavy atom. The number of hydrogen-bond donors (Lipinski definition) is 2. The van der Waals surface area contributed by atoms with Crippen molar-refractivity contribution >= 4 is 6.09 Å². The molecule has 4 nitrogen and oxygen atoms in total. The number of nitrogens with one attached hydrogen (secondary N) is 1. The van der Waals surface area contributed by atoms with Gasteiger partial charge in [0.15, 0.2) is 0 Å². The van der Waals surface area contributed by atoms with E-state index in [0.29, 0.717) is 6.10 Å². The predicted molar refractivity (Wildman–Crippen MR) is 67.2 cm³/mol. The highest BCUT2D eigenvalue weighted by atomic mass is 16.5. The molecule has 0 saturated heterocycles. The van der Waals surface area contributed by atoms with Crippen LogP contribution in [0.15, 0.2) is 0 Å². The van der Waals surface area contributed by atoms with Gasteiger partial charge in [0.2, 0.25) is 0 Å². The van der Waals surface area contributed by atoms with Crippen LogP contribution in [0, 0.1) is 5.41 Å². The summed E-state index contributed by atoms with van der Waals surface area (Å²) in [5.41, 5.74) is -0.380. The molecule has 1 saturated carbocycles. The Labute approximate surface area is 104 Å². The summed E-state index contributed by atoms with van der Waals surface area (Å²) in [4.78, 5) is 11.0. The van der Waals surface area contributed by atoms with E-state index in [-0.39, 0.29) is 11.0 Å². The predicted octanol–water partition coefficient (Wildman–Crippen LogP) is 3.02. The minimum atomic E-state index is -0.921. The van der Waals surface area contributed by atoms with Crippen LogP contribution in [0.2, 0.25) is 0 Å². The van der Waals surface area contributed by atoms with Crippen molar-refractivity contribution in [1.82, 2.24) is 5.32 Å². The zero-order valence-corrected chi connectivity index (χ0v) is 11.4. The number of hydrogen-bond acceptors (Lipinski definition) is 2. The SMILES string of the molecule is CCO[C@H]1CC[C@@](NC(=O)O)(C(C)(C)C)CC1. The van der Waals surface area contributed by atoms with Gasteiger partial charge in [0, 0.05) is 12.1 Å². The molecule has 1 amide bonds. The Kier molecular flexibility index (Phi) is 4.42. The molecule has 0 spiro atoms. The second kappa shape index (κ2) is 5.25. The quantitative estimate of drug-likeness (QED) is 0.801. The Hall–Kier alpha value is -0.770. The molecule has 2 N–H and O–H groups in total. The van der Waals surface area contributed by atoms with E-state index in [0.717, 1.165) is 32.3 Å². The van der Waals surface area contributed by atoms with Crippen molar-refractivity contribution in [2.24, 2.45) is 5.41 Å². The molecule has 0 radical (unpaired) electrons. The lowest BCUT2D eigenvalue weighted by Gasteiger charge is -2.48. The molecule has 0 heterocycles. The number of carbonyl (C=O) groups is 1. The van der Waals surface area contributed by atoms with Gasteiger partial charge in [-0.1, -0.05) is 20.8 Å². The number of rotatable bonds is 3. The largest absolute Gasteiger partial charge is 0.465 e. The lowest BCUT2D eigenvalue weighted by molar-refractivity contribution is -0.0112. The Morgan fingerprint density at radius 1 is 1.41 bits per heavy atom. The van der Waals surface area contributed by atoms with Crippen LogP contribution in [-0.4, -0.2) is 29.4 Å². The molecule has 4 heteroatoms. The van der Waals surface area contributed by atoms with Crippen LogP contribution in [0.3, 0.4) is 0 Å². The van der Waals surface area contributed by atoms with E-state index in [1.807, 2.05) is 6.92 Å². The van der Waals surface area contributed by atoms with E-state index in [4.69, 9.17) is 9.84 Å². The summed E-state index contributed by atoms with van der Waals surface area (Å²) >= 11 is 0. The lowest BCUT2D eigenvalue weighted by atomic mass is 9.65. The molecule has 17 heavy (non-hydrogen) atoms. The monoisotopic (exact) mass is 243 g/mol. The van der Waals surface area contributed by atoms with Gasteiger partial charge in [-0.05, 0) is 38.0 Å². The molecule has 1 aliphatic carbocycles. The third-order valence-corrected chi connectivity index (χ3v) is 3.97. The van der Waals surface area contributed by atoms with Gasteiger partial charge in [-0.25, -0.2) is 4.79 Å². The van der Waals surface area contributed by atoms with Crippen LogP contribution in [0.25, 0.3) is 0 Å². The number of ether oxygens (including phenoxy) is 1. The third kappa shape index (κ3) is 3.35. The summed E-state index contributed by atoms with van der Waals surface area (Å²) in [6, 6.07) is 0. The van der Waals surface area contributed by atoms with Crippen LogP contribution < -0.4 is 5.32 Å². The van der Waals surface area contributed by atoms with Crippen LogP contribution in [0.1, 0.15) is 53.4 Å². The normalized spacial score (nSPS) is 30.0. The van der Waals surface area contributed by atoms with Gasteiger partial charge in [0.25, 0.3) is 0 Å². The van der Waals surface area contributed by atoms with E-state index in [1.165, 1.54) is 0 Å². The van der Waals surface area contributed by atoms with Gasteiger partial charge in [-0.2, -0.15) is 0 Å². The average molecular weight is 243 g/mol. The molecule has 1 aliphatic rings.